The summed E-state index contributed by atoms with van der Waals surface area (Å²) in [7, 11) is 0. The summed E-state index contributed by atoms with van der Waals surface area (Å²) < 4.78 is 0.985. The number of aryl methyl sites for hydroxylation is 1. The molecule has 1 N–H and O–H groups in total. The second-order valence-electron chi connectivity index (χ2n) is 6.61. The van der Waals surface area contributed by atoms with Gasteiger partial charge in [0.2, 0.25) is 11.8 Å². The van der Waals surface area contributed by atoms with E-state index in [1.165, 1.54) is 25.7 Å². The molecule has 2 rings (SSSR count). The minimum absolute atomic E-state index is 0.0392. The highest BCUT2D eigenvalue weighted by atomic mass is 79.9. The van der Waals surface area contributed by atoms with Crippen molar-refractivity contribution in [1.29, 1.82) is 0 Å². The number of anilines is 1. The molecule has 0 aromatic heterocycles. The molecule has 1 fully saturated rings. The number of amides is 2. The van der Waals surface area contributed by atoms with E-state index in [2.05, 4.69) is 21.2 Å². The van der Waals surface area contributed by atoms with E-state index < -0.39 is 0 Å². The van der Waals surface area contributed by atoms with Crippen LogP contribution in [0, 0.1) is 6.92 Å². The fourth-order valence-corrected chi connectivity index (χ4v) is 3.78. The van der Waals surface area contributed by atoms with Gasteiger partial charge in [-0.05, 0) is 43.5 Å². The Labute approximate surface area is 153 Å². The Kier molecular flexibility index (Phi) is 7.28. The van der Waals surface area contributed by atoms with Gasteiger partial charge in [0.05, 0.1) is 0 Å². The van der Waals surface area contributed by atoms with Crippen LogP contribution in [0.4, 0.5) is 5.69 Å². The number of hydrogen-bond acceptors (Lipinski definition) is 2. The van der Waals surface area contributed by atoms with E-state index >= 15 is 0 Å². The SMILES string of the molecule is CC(=O)N(CCC(=O)NC1CCCCCC1)c1ccc(Br)cc1C. The normalized spacial score (nSPS) is 15.6. The fraction of sp³-hybridized carbons (Fsp3) is 0.579. The van der Waals surface area contributed by atoms with Crippen LogP contribution >= 0.6 is 15.9 Å². The molecule has 1 aromatic rings. The molecule has 0 radical (unpaired) electrons. The van der Waals surface area contributed by atoms with Gasteiger partial charge in [0.15, 0.2) is 0 Å². The van der Waals surface area contributed by atoms with Crippen LogP contribution in [0.25, 0.3) is 0 Å². The summed E-state index contributed by atoms with van der Waals surface area (Å²) in [6.45, 7) is 3.93. The summed E-state index contributed by atoms with van der Waals surface area (Å²) in [4.78, 5) is 26.0. The molecule has 4 nitrogen and oxygen atoms in total. The lowest BCUT2D eigenvalue weighted by Gasteiger charge is -2.24. The first kappa shape index (κ1) is 19.0. The third-order valence-corrected chi connectivity index (χ3v) is 5.11. The molecule has 0 saturated heterocycles. The lowest BCUT2D eigenvalue weighted by atomic mass is 10.1. The second kappa shape index (κ2) is 9.21. The van der Waals surface area contributed by atoms with E-state index in [9.17, 15) is 9.59 Å². The van der Waals surface area contributed by atoms with Crippen LogP contribution in [0.3, 0.4) is 0 Å². The van der Waals surface area contributed by atoms with Crippen LogP contribution in [0.15, 0.2) is 22.7 Å². The molecule has 0 heterocycles. The molecule has 0 atom stereocenters. The summed E-state index contributed by atoms with van der Waals surface area (Å²) in [5, 5.41) is 3.14. The number of halogens is 1. The standard InChI is InChI=1S/C19H27BrN2O2/c1-14-13-16(20)9-10-18(14)22(15(2)23)12-11-19(24)21-17-7-5-3-4-6-8-17/h9-10,13,17H,3-8,11-12H2,1-2H3,(H,21,24). The van der Waals surface area contributed by atoms with Crippen LogP contribution in [-0.2, 0) is 9.59 Å². The minimum atomic E-state index is -0.0392. The first-order chi connectivity index (χ1) is 11.5. The Balaban J connectivity index is 1.93. The summed E-state index contributed by atoms with van der Waals surface area (Å²) in [6, 6.07) is 6.13. The van der Waals surface area contributed by atoms with Gasteiger partial charge in [-0.1, -0.05) is 41.6 Å². The van der Waals surface area contributed by atoms with Gasteiger partial charge >= 0.3 is 0 Å². The molecule has 1 aliphatic carbocycles. The smallest absolute Gasteiger partial charge is 0.223 e. The predicted octanol–water partition coefficient (Wildman–Crippen LogP) is 4.34. The highest BCUT2D eigenvalue weighted by Gasteiger charge is 2.18. The number of nitrogens with zero attached hydrogens (tertiary/aromatic N) is 1. The largest absolute Gasteiger partial charge is 0.353 e. The molecule has 1 aliphatic rings. The zero-order valence-corrected chi connectivity index (χ0v) is 16.2. The quantitative estimate of drug-likeness (QED) is 0.754. The molecule has 5 heteroatoms. The lowest BCUT2D eigenvalue weighted by molar-refractivity contribution is -0.121. The molecule has 24 heavy (non-hydrogen) atoms. The first-order valence-electron chi connectivity index (χ1n) is 8.81. The number of nitrogens with one attached hydrogen (secondary N) is 1. The van der Waals surface area contributed by atoms with E-state index in [1.54, 1.807) is 11.8 Å². The van der Waals surface area contributed by atoms with E-state index in [-0.39, 0.29) is 11.8 Å². The summed E-state index contributed by atoms with van der Waals surface area (Å²) in [6.07, 6.45) is 7.43. The summed E-state index contributed by atoms with van der Waals surface area (Å²) in [5.74, 6) is 0.00519. The van der Waals surface area contributed by atoms with Crippen molar-refractivity contribution in [2.45, 2.75) is 64.8 Å². The average Bonchev–Trinajstić information content (AvgIpc) is 2.77. The fourth-order valence-electron chi connectivity index (χ4n) is 3.31. The van der Waals surface area contributed by atoms with Crippen molar-refractivity contribution in [2.24, 2.45) is 0 Å². The van der Waals surface area contributed by atoms with Gasteiger partial charge in [0.25, 0.3) is 0 Å². The number of hydrogen-bond donors (Lipinski definition) is 1. The number of carbonyl (C=O) groups excluding carboxylic acids is 2. The molecule has 1 saturated carbocycles. The second-order valence-corrected chi connectivity index (χ2v) is 7.52. The maximum absolute atomic E-state index is 12.3. The van der Waals surface area contributed by atoms with Gasteiger partial charge in [0.1, 0.15) is 0 Å². The van der Waals surface area contributed by atoms with Crippen molar-refractivity contribution in [2.75, 3.05) is 11.4 Å². The van der Waals surface area contributed by atoms with Crippen LogP contribution in [-0.4, -0.2) is 24.4 Å². The maximum Gasteiger partial charge on any atom is 0.223 e. The van der Waals surface area contributed by atoms with Crippen LogP contribution in [0.1, 0.15) is 57.4 Å². The molecule has 0 spiro atoms. The zero-order valence-electron chi connectivity index (χ0n) is 14.6. The monoisotopic (exact) mass is 394 g/mol. The van der Waals surface area contributed by atoms with Crippen LogP contribution < -0.4 is 10.2 Å². The number of carbonyl (C=O) groups is 2. The Morgan fingerprint density at radius 3 is 2.46 bits per heavy atom. The first-order valence-corrected chi connectivity index (χ1v) is 9.60. The number of benzene rings is 1. The molecule has 0 unspecified atom stereocenters. The Morgan fingerprint density at radius 1 is 1.21 bits per heavy atom. The Bertz CT molecular complexity index is 581. The van der Waals surface area contributed by atoms with E-state index in [0.717, 1.165) is 28.6 Å². The van der Waals surface area contributed by atoms with Gasteiger partial charge in [0, 0.05) is 36.1 Å². The lowest BCUT2D eigenvalue weighted by Crippen LogP contribution is -2.38. The van der Waals surface area contributed by atoms with Gasteiger partial charge in [-0.3, -0.25) is 9.59 Å². The third kappa shape index (κ3) is 5.62. The Hall–Kier alpha value is -1.36. The topological polar surface area (TPSA) is 49.4 Å². The van der Waals surface area contributed by atoms with Crippen molar-refractivity contribution >= 4 is 33.4 Å². The van der Waals surface area contributed by atoms with Crippen LogP contribution in [0.5, 0.6) is 0 Å². The predicted molar refractivity (Wildman–Crippen MR) is 101 cm³/mol. The number of rotatable bonds is 5. The maximum atomic E-state index is 12.3. The van der Waals surface area contributed by atoms with Gasteiger partial charge in [-0.2, -0.15) is 0 Å². The van der Waals surface area contributed by atoms with Crippen molar-refractivity contribution < 1.29 is 9.59 Å². The van der Waals surface area contributed by atoms with Gasteiger partial charge in [-0.25, -0.2) is 0 Å². The van der Waals surface area contributed by atoms with Crippen molar-refractivity contribution in [3.8, 4) is 0 Å². The van der Waals surface area contributed by atoms with E-state index in [0.29, 0.717) is 19.0 Å². The minimum Gasteiger partial charge on any atom is -0.353 e. The summed E-state index contributed by atoms with van der Waals surface area (Å²) >= 11 is 3.44. The van der Waals surface area contributed by atoms with Gasteiger partial charge in [-0.15, -0.1) is 0 Å². The Morgan fingerprint density at radius 2 is 1.88 bits per heavy atom. The van der Waals surface area contributed by atoms with Crippen molar-refractivity contribution in [3.05, 3.63) is 28.2 Å². The highest BCUT2D eigenvalue weighted by molar-refractivity contribution is 9.10. The van der Waals surface area contributed by atoms with E-state index in [1.807, 2.05) is 25.1 Å². The molecule has 1 aromatic carbocycles. The van der Waals surface area contributed by atoms with E-state index in [4.69, 9.17) is 0 Å². The molecule has 2 amide bonds. The molecule has 132 valence electrons. The molecule has 0 bridgehead atoms. The summed E-state index contributed by atoms with van der Waals surface area (Å²) in [5.41, 5.74) is 1.89. The van der Waals surface area contributed by atoms with Crippen molar-refractivity contribution in [1.82, 2.24) is 5.32 Å². The molecular formula is C19H27BrN2O2. The van der Waals surface area contributed by atoms with Crippen molar-refractivity contribution in [3.63, 3.8) is 0 Å². The van der Waals surface area contributed by atoms with Crippen LogP contribution in [0.2, 0.25) is 0 Å². The third-order valence-electron chi connectivity index (χ3n) is 4.61. The zero-order chi connectivity index (χ0) is 17.5. The highest BCUT2D eigenvalue weighted by Crippen LogP contribution is 2.24. The van der Waals surface area contributed by atoms with Gasteiger partial charge < -0.3 is 10.2 Å². The average molecular weight is 395 g/mol. The molecular weight excluding hydrogens is 368 g/mol. The molecule has 0 aliphatic heterocycles.